The predicted octanol–water partition coefficient (Wildman–Crippen LogP) is 1.53. The zero-order chi connectivity index (χ0) is 6.43. The number of fused-ring (bicyclic) bond motifs is 2. The molecule has 0 aliphatic carbocycles. The van der Waals surface area contributed by atoms with E-state index in [4.69, 9.17) is 4.74 Å². The van der Waals surface area contributed by atoms with Gasteiger partial charge in [-0.05, 0) is 12.8 Å². The van der Waals surface area contributed by atoms with Gasteiger partial charge < -0.3 is 4.74 Å². The lowest BCUT2D eigenvalue weighted by Gasteiger charge is -2.16. The second-order valence-corrected chi connectivity index (χ2v) is 4.25. The zero-order valence-corrected chi connectivity index (χ0v) is 6.65. The summed E-state index contributed by atoms with van der Waals surface area (Å²) in [4.78, 5) is 0. The molecule has 4 unspecified atom stereocenters. The highest BCUT2D eigenvalue weighted by molar-refractivity contribution is 8.00. The van der Waals surface area contributed by atoms with Gasteiger partial charge in [0.25, 0.3) is 0 Å². The normalized spacial score (nSPS) is 56.7. The van der Waals surface area contributed by atoms with Gasteiger partial charge >= 0.3 is 0 Å². The van der Waals surface area contributed by atoms with Crippen molar-refractivity contribution < 1.29 is 4.74 Å². The molecule has 4 atom stereocenters. The van der Waals surface area contributed by atoms with Crippen LogP contribution in [0.15, 0.2) is 0 Å². The van der Waals surface area contributed by atoms with Crippen LogP contribution < -0.4 is 0 Å². The first-order chi connectivity index (χ1) is 4.29. The van der Waals surface area contributed by atoms with E-state index in [0.717, 1.165) is 11.2 Å². The van der Waals surface area contributed by atoms with E-state index < -0.39 is 0 Å². The Balaban J connectivity index is 2.16. The maximum Gasteiger partial charge on any atom is 0.0706 e. The molecule has 0 aromatic carbocycles. The van der Waals surface area contributed by atoms with Gasteiger partial charge in [-0.25, -0.2) is 0 Å². The van der Waals surface area contributed by atoms with Crippen molar-refractivity contribution in [2.75, 3.05) is 5.75 Å². The first-order valence-corrected chi connectivity index (χ1v) is 4.61. The van der Waals surface area contributed by atoms with Crippen molar-refractivity contribution in [3.63, 3.8) is 0 Å². The molecule has 9 heavy (non-hydrogen) atoms. The molecule has 0 aromatic heterocycles. The molecule has 2 heteroatoms. The third kappa shape index (κ3) is 0.729. The van der Waals surface area contributed by atoms with E-state index in [1.807, 2.05) is 0 Å². The topological polar surface area (TPSA) is 9.23 Å². The Morgan fingerprint density at radius 3 is 2.44 bits per heavy atom. The van der Waals surface area contributed by atoms with E-state index in [0.29, 0.717) is 12.2 Å². The smallest absolute Gasteiger partial charge is 0.0706 e. The summed E-state index contributed by atoms with van der Waals surface area (Å²) < 4.78 is 5.65. The highest BCUT2D eigenvalue weighted by Crippen LogP contribution is 2.43. The molecule has 0 saturated carbocycles. The summed E-state index contributed by atoms with van der Waals surface area (Å²) in [6.45, 7) is 4.49. The Labute approximate surface area is 60.2 Å². The predicted molar refractivity (Wildman–Crippen MR) is 39.7 cm³/mol. The van der Waals surface area contributed by atoms with Gasteiger partial charge in [0.1, 0.15) is 0 Å². The third-order valence-electron chi connectivity index (χ3n) is 2.41. The molecule has 0 N–H and O–H groups in total. The Hall–Kier alpha value is 0.310. The van der Waals surface area contributed by atoms with Gasteiger partial charge in [0.05, 0.1) is 12.2 Å². The minimum atomic E-state index is 0.517. The molecule has 2 saturated heterocycles. The molecule has 0 amide bonds. The largest absolute Gasteiger partial charge is 0.373 e. The molecule has 2 aliphatic rings. The molecule has 52 valence electrons. The standard InChI is InChI=1S/C7H12OS/c1-4-6-3-9-7(4)5(2)8-6/h4-7H,3H2,1-2H3. The van der Waals surface area contributed by atoms with Gasteiger partial charge in [-0.1, -0.05) is 6.92 Å². The SMILES string of the molecule is CC1OC2CSC1C2C. The molecule has 0 aromatic rings. The minimum Gasteiger partial charge on any atom is -0.373 e. The maximum atomic E-state index is 5.65. The van der Waals surface area contributed by atoms with Crippen LogP contribution in [-0.4, -0.2) is 23.2 Å². The van der Waals surface area contributed by atoms with Crippen molar-refractivity contribution in [1.82, 2.24) is 0 Å². The van der Waals surface area contributed by atoms with Crippen molar-refractivity contribution in [2.24, 2.45) is 5.92 Å². The van der Waals surface area contributed by atoms with Crippen LogP contribution in [0.5, 0.6) is 0 Å². The van der Waals surface area contributed by atoms with Crippen LogP contribution in [0.4, 0.5) is 0 Å². The summed E-state index contributed by atoms with van der Waals surface area (Å²) in [5.74, 6) is 2.04. The number of hydrogen-bond acceptors (Lipinski definition) is 2. The van der Waals surface area contributed by atoms with Gasteiger partial charge in [0, 0.05) is 11.0 Å². The summed E-state index contributed by atoms with van der Waals surface area (Å²) in [5.41, 5.74) is 0. The quantitative estimate of drug-likeness (QED) is 0.510. The Morgan fingerprint density at radius 1 is 1.44 bits per heavy atom. The summed E-state index contributed by atoms with van der Waals surface area (Å²) >= 11 is 2.08. The van der Waals surface area contributed by atoms with Crippen LogP contribution in [0.1, 0.15) is 13.8 Å². The molecule has 2 heterocycles. The summed E-state index contributed by atoms with van der Waals surface area (Å²) in [7, 11) is 0. The highest BCUT2D eigenvalue weighted by atomic mass is 32.2. The van der Waals surface area contributed by atoms with E-state index in [2.05, 4.69) is 25.6 Å². The lowest BCUT2D eigenvalue weighted by atomic mass is 10.0. The first-order valence-electron chi connectivity index (χ1n) is 3.56. The van der Waals surface area contributed by atoms with E-state index >= 15 is 0 Å². The fourth-order valence-corrected chi connectivity index (χ4v) is 3.41. The summed E-state index contributed by atoms with van der Waals surface area (Å²) in [6, 6.07) is 0. The Bertz CT molecular complexity index is 126. The minimum absolute atomic E-state index is 0.517. The highest BCUT2D eigenvalue weighted by Gasteiger charge is 2.45. The lowest BCUT2D eigenvalue weighted by Crippen LogP contribution is -2.19. The number of rotatable bonds is 0. The summed E-state index contributed by atoms with van der Waals surface area (Å²) in [6.07, 6.45) is 1.10. The van der Waals surface area contributed by atoms with Crippen molar-refractivity contribution >= 4 is 11.8 Å². The van der Waals surface area contributed by atoms with Gasteiger partial charge in [0.15, 0.2) is 0 Å². The molecule has 0 spiro atoms. The van der Waals surface area contributed by atoms with Gasteiger partial charge in [-0.2, -0.15) is 11.8 Å². The van der Waals surface area contributed by atoms with Crippen LogP contribution in [0.25, 0.3) is 0 Å². The molecule has 0 radical (unpaired) electrons. The van der Waals surface area contributed by atoms with Gasteiger partial charge in [0.2, 0.25) is 0 Å². The van der Waals surface area contributed by atoms with E-state index in [1.165, 1.54) is 5.75 Å². The molecule has 2 rings (SSSR count). The second kappa shape index (κ2) is 1.89. The van der Waals surface area contributed by atoms with E-state index in [-0.39, 0.29) is 0 Å². The van der Waals surface area contributed by atoms with Crippen LogP contribution in [0, 0.1) is 5.92 Å². The summed E-state index contributed by atoms with van der Waals surface area (Å²) in [5, 5.41) is 0.801. The van der Waals surface area contributed by atoms with Gasteiger partial charge in [-0.15, -0.1) is 0 Å². The maximum absolute atomic E-state index is 5.65. The fraction of sp³-hybridized carbons (Fsp3) is 1.00. The van der Waals surface area contributed by atoms with E-state index in [9.17, 15) is 0 Å². The zero-order valence-electron chi connectivity index (χ0n) is 5.83. The average molecular weight is 144 g/mol. The van der Waals surface area contributed by atoms with Crippen LogP contribution in [-0.2, 0) is 4.74 Å². The van der Waals surface area contributed by atoms with Gasteiger partial charge in [-0.3, -0.25) is 0 Å². The van der Waals surface area contributed by atoms with Crippen LogP contribution in [0.2, 0.25) is 0 Å². The molecule has 2 bridgehead atoms. The molecular weight excluding hydrogens is 132 g/mol. The fourth-order valence-electron chi connectivity index (χ4n) is 1.80. The Kier molecular flexibility index (Phi) is 1.27. The molecular formula is C7H12OS. The lowest BCUT2D eigenvalue weighted by molar-refractivity contribution is 0.0580. The van der Waals surface area contributed by atoms with Crippen molar-refractivity contribution in [3.8, 4) is 0 Å². The molecule has 2 fully saturated rings. The van der Waals surface area contributed by atoms with Crippen molar-refractivity contribution in [2.45, 2.75) is 31.3 Å². The number of ether oxygens (including phenoxy) is 1. The first kappa shape index (κ1) is 6.05. The molecule has 1 nitrogen and oxygen atoms in total. The van der Waals surface area contributed by atoms with Crippen molar-refractivity contribution in [3.05, 3.63) is 0 Å². The second-order valence-electron chi connectivity index (χ2n) is 3.04. The van der Waals surface area contributed by atoms with Crippen molar-refractivity contribution in [1.29, 1.82) is 0 Å². The number of hydrogen-bond donors (Lipinski definition) is 0. The monoisotopic (exact) mass is 144 g/mol. The van der Waals surface area contributed by atoms with E-state index in [1.54, 1.807) is 0 Å². The molecule has 2 aliphatic heterocycles. The third-order valence-corrected chi connectivity index (χ3v) is 4.13. The average Bonchev–Trinajstić information content (AvgIpc) is 2.25. The Morgan fingerprint density at radius 2 is 2.22 bits per heavy atom. The number of thioether (sulfide) groups is 1. The van der Waals surface area contributed by atoms with Crippen LogP contribution >= 0.6 is 11.8 Å². The van der Waals surface area contributed by atoms with Crippen LogP contribution in [0.3, 0.4) is 0 Å².